The van der Waals surface area contributed by atoms with Crippen molar-refractivity contribution in [3.63, 3.8) is 0 Å². The van der Waals surface area contributed by atoms with E-state index in [2.05, 4.69) is 0 Å². The summed E-state index contributed by atoms with van der Waals surface area (Å²) in [7, 11) is 0. The van der Waals surface area contributed by atoms with Crippen molar-refractivity contribution in [3.8, 4) is 0 Å². The number of hydrogen-bond donors (Lipinski definition) is 2. The average Bonchev–Trinajstić information content (AvgIpc) is 2.35. The molecule has 0 unspecified atom stereocenters. The summed E-state index contributed by atoms with van der Waals surface area (Å²) < 4.78 is 26.7. The van der Waals surface area contributed by atoms with E-state index in [1.165, 1.54) is 6.07 Å². The van der Waals surface area contributed by atoms with Crippen molar-refractivity contribution in [2.24, 2.45) is 5.73 Å². The van der Waals surface area contributed by atoms with Crippen molar-refractivity contribution in [1.82, 2.24) is 0 Å². The van der Waals surface area contributed by atoms with Gasteiger partial charge in [-0.15, -0.1) is 0 Å². The van der Waals surface area contributed by atoms with E-state index in [-0.39, 0.29) is 10.7 Å². The van der Waals surface area contributed by atoms with Gasteiger partial charge in [0.05, 0.1) is 4.90 Å². The third kappa shape index (κ3) is 3.24. The molecule has 0 aliphatic carbocycles. The number of nitrogens with one attached hydrogen (secondary N) is 1. The molecule has 0 atom stereocenters. The Morgan fingerprint density at radius 3 is 2.53 bits per heavy atom. The van der Waals surface area contributed by atoms with Gasteiger partial charge < -0.3 is 5.73 Å². The molecule has 0 saturated carbocycles. The Balaban J connectivity index is 2.43. The fourth-order valence-electron chi connectivity index (χ4n) is 1.48. The van der Waals surface area contributed by atoms with Crippen molar-refractivity contribution in [2.75, 3.05) is 0 Å². The highest BCUT2D eigenvalue weighted by atomic mass is 35.5. The van der Waals surface area contributed by atoms with Crippen molar-refractivity contribution in [1.29, 1.82) is 5.41 Å². The molecule has 0 bridgehead atoms. The van der Waals surface area contributed by atoms with E-state index in [9.17, 15) is 8.78 Å². The molecule has 0 aromatic heterocycles. The predicted molar refractivity (Wildman–Crippen MR) is 72.9 cm³/mol. The van der Waals surface area contributed by atoms with Crippen molar-refractivity contribution in [2.45, 2.75) is 9.79 Å². The van der Waals surface area contributed by atoms with Gasteiger partial charge in [0.25, 0.3) is 0 Å². The van der Waals surface area contributed by atoms with Crippen molar-refractivity contribution >= 4 is 29.2 Å². The largest absolute Gasteiger partial charge is 0.384 e. The Morgan fingerprint density at radius 2 is 1.84 bits per heavy atom. The van der Waals surface area contributed by atoms with Gasteiger partial charge in [-0.25, -0.2) is 8.78 Å². The Labute approximate surface area is 118 Å². The summed E-state index contributed by atoms with van der Waals surface area (Å²) in [6, 6.07) is 7.94. The van der Waals surface area contributed by atoms with Crippen LogP contribution in [0.4, 0.5) is 8.78 Å². The topological polar surface area (TPSA) is 49.9 Å². The summed E-state index contributed by atoms with van der Waals surface area (Å²) in [5, 5.41) is 7.90. The summed E-state index contributed by atoms with van der Waals surface area (Å²) in [6.07, 6.45) is 0. The van der Waals surface area contributed by atoms with Crippen LogP contribution in [0.15, 0.2) is 46.2 Å². The highest BCUT2D eigenvalue weighted by Crippen LogP contribution is 2.33. The number of rotatable bonds is 3. The fourth-order valence-corrected chi connectivity index (χ4v) is 2.64. The normalized spacial score (nSPS) is 10.5. The number of hydrogen-bond acceptors (Lipinski definition) is 2. The van der Waals surface area contributed by atoms with Gasteiger partial charge in [-0.2, -0.15) is 0 Å². The van der Waals surface area contributed by atoms with Gasteiger partial charge in [-0.3, -0.25) is 5.41 Å². The van der Waals surface area contributed by atoms with E-state index in [1.807, 2.05) is 0 Å². The van der Waals surface area contributed by atoms with Crippen molar-refractivity contribution < 1.29 is 8.78 Å². The SMILES string of the molecule is N=C(N)c1cc(Cl)ccc1Sc1cc(F)ccc1F. The third-order valence-corrected chi connectivity index (χ3v) is 3.69. The predicted octanol–water partition coefficient (Wildman–Crippen LogP) is 4.05. The van der Waals surface area contributed by atoms with Crippen LogP contribution in [0.25, 0.3) is 0 Å². The molecule has 0 radical (unpaired) electrons. The highest BCUT2D eigenvalue weighted by Gasteiger charge is 2.11. The molecule has 19 heavy (non-hydrogen) atoms. The van der Waals surface area contributed by atoms with Crippen LogP contribution in [-0.2, 0) is 0 Å². The first-order valence-electron chi connectivity index (χ1n) is 5.24. The maximum absolute atomic E-state index is 13.6. The lowest BCUT2D eigenvalue weighted by molar-refractivity contribution is 0.577. The number of benzene rings is 2. The molecule has 0 saturated heterocycles. The van der Waals surface area contributed by atoms with Crippen LogP contribution >= 0.6 is 23.4 Å². The average molecular weight is 299 g/mol. The summed E-state index contributed by atoms with van der Waals surface area (Å²) in [6.45, 7) is 0. The molecular weight excluding hydrogens is 290 g/mol. The van der Waals surface area contributed by atoms with Crippen LogP contribution in [0.2, 0.25) is 5.02 Å². The molecule has 0 heterocycles. The lowest BCUT2D eigenvalue weighted by atomic mass is 10.2. The first kappa shape index (κ1) is 13.8. The number of nitrogen functional groups attached to an aromatic ring is 1. The Bertz CT molecular complexity index is 647. The molecule has 6 heteroatoms. The summed E-state index contributed by atoms with van der Waals surface area (Å²) >= 11 is 6.82. The number of halogens is 3. The molecule has 2 nitrogen and oxygen atoms in total. The zero-order valence-corrected chi connectivity index (χ0v) is 11.2. The van der Waals surface area contributed by atoms with Gasteiger partial charge in [0.1, 0.15) is 17.5 Å². The zero-order chi connectivity index (χ0) is 14.0. The first-order chi connectivity index (χ1) is 8.97. The zero-order valence-electron chi connectivity index (χ0n) is 9.58. The molecule has 0 fully saturated rings. The molecule has 98 valence electrons. The minimum atomic E-state index is -0.532. The van der Waals surface area contributed by atoms with Crippen LogP contribution in [0, 0.1) is 17.0 Å². The van der Waals surface area contributed by atoms with E-state index in [0.717, 1.165) is 30.0 Å². The quantitative estimate of drug-likeness (QED) is 0.663. The molecule has 0 aliphatic rings. The van der Waals surface area contributed by atoms with Gasteiger partial charge in [-0.1, -0.05) is 23.4 Å². The van der Waals surface area contributed by atoms with Crippen LogP contribution in [0.1, 0.15) is 5.56 Å². The Morgan fingerprint density at radius 1 is 1.11 bits per heavy atom. The lowest BCUT2D eigenvalue weighted by Crippen LogP contribution is -2.12. The van der Waals surface area contributed by atoms with E-state index < -0.39 is 11.6 Å². The van der Waals surface area contributed by atoms with E-state index in [0.29, 0.717) is 15.5 Å². The molecule has 0 amide bonds. The fraction of sp³-hybridized carbons (Fsp3) is 0. The lowest BCUT2D eigenvalue weighted by Gasteiger charge is -2.09. The monoisotopic (exact) mass is 298 g/mol. The molecular formula is C13H9ClF2N2S. The van der Waals surface area contributed by atoms with E-state index in [4.69, 9.17) is 22.7 Å². The first-order valence-corrected chi connectivity index (χ1v) is 6.43. The second-order valence-corrected chi connectivity index (χ2v) is 5.25. The molecule has 2 aromatic carbocycles. The second kappa shape index (κ2) is 5.59. The standard InChI is InChI=1S/C13H9ClF2N2S/c14-7-1-4-11(9(5-7)13(17)18)19-12-6-8(15)2-3-10(12)16/h1-6H,(H3,17,18). The summed E-state index contributed by atoms with van der Waals surface area (Å²) in [5.41, 5.74) is 5.84. The Hall–Kier alpha value is -1.59. The van der Waals surface area contributed by atoms with E-state index >= 15 is 0 Å². The van der Waals surface area contributed by atoms with Crippen molar-refractivity contribution in [3.05, 3.63) is 58.6 Å². The van der Waals surface area contributed by atoms with Gasteiger partial charge in [-0.05, 0) is 36.4 Å². The van der Waals surface area contributed by atoms with Gasteiger partial charge in [0.2, 0.25) is 0 Å². The maximum atomic E-state index is 13.6. The minimum absolute atomic E-state index is 0.129. The minimum Gasteiger partial charge on any atom is -0.384 e. The van der Waals surface area contributed by atoms with Gasteiger partial charge in [0, 0.05) is 15.5 Å². The van der Waals surface area contributed by atoms with Crippen LogP contribution in [0.3, 0.4) is 0 Å². The molecule has 2 aromatic rings. The molecule has 0 aliphatic heterocycles. The van der Waals surface area contributed by atoms with Crippen LogP contribution in [0.5, 0.6) is 0 Å². The van der Waals surface area contributed by atoms with Gasteiger partial charge in [0.15, 0.2) is 0 Å². The van der Waals surface area contributed by atoms with E-state index in [1.54, 1.807) is 12.1 Å². The Kier molecular flexibility index (Phi) is 4.07. The summed E-state index contributed by atoms with van der Waals surface area (Å²) in [4.78, 5) is 0.672. The molecule has 0 spiro atoms. The number of amidine groups is 1. The number of nitrogens with two attached hydrogens (primary N) is 1. The molecule has 3 N–H and O–H groups in total. The maximum Gasteiger partial charge on any atom is 0.137 e. The van der Waals surface area contributed by atoms with Crippen LogP contribution < -0.4 is 5.73 Å². The molecule has 2 rings (SSSR count). The summed E-state index contributed by atoms with van der Waals surface area (Å²) in [5.74, 6) is -1.24. The smallest absolute Gasteiger partial charge is 0.137 e. The van der Waals surface area contributed by atoms with Crippen LogP contribution in [-0.4, -0.2) is 5.84 Å². The third-order valence-electron chi connectivity index (χ3n) is 2.34. The van der Waals surface area contributed by atoms with Gasteiger partial charge >= 0.3 is 0 Å². The second-order valence-electron chi connectivity index (χ2n) is 3.73. The highest BCUT2D eigenvalue weighted by molar-refractivity contribution is 7.99.